The number of hydrogen-bond donors (Lipinski definition) is 1. The third-order valence-corrected chi connectivity index (χ3v) is 6.61. The molecule has 1 amide bonds. The zero-order valence-corrected chi connectivity index (χ0v) is 19.3. The molecule has 0 saturated carbocycles. The number of aliphatic hydroxyl groups excluding tert-OH is 1. The van der Waals surface area contributed by atoms with Crippen LogP contribution in [-0.2, 0) is 17.8 Å². The quantitative estimate of drug-likeness (QED) is 0.622. The number of likely N-dealkylation sites (tertiary alicyclic amines) is 1. The second kappa shape index (κ2) is 10.9. The third-order valence-electron chi connectivity index (χ3n) is 6.61. The molecule has 7 heteroatoms. The van der Waals surface area contributed by atoms with Crippen molar-refractivity contribution in [2.45, 2.75) is 57.8 Å². The molecule has 4 rings (SSSR count). The van der Waals surface area contributed by atoms with Gasteiger partial charge in [0.1, 0.15) is 6.10 Å². The number of amides is 1. The summed E-state index contributed by atoms with van der Waals surface area (Å²) in [5.41, 5.74) is 3.27. The Labute approximate surface area is 195 Å². The summed E-state index contributed by atoms with van der Waals surface area (Å²) in [6.45, 7) is 5.29. The van der Waals surface area contributed by atoms with Crippen LogP contribution >= 0.6 is 0 Å². The number of carbonyl (C=O) groups excluding carboxylic acids is 2. The molecule has 1 N–H and O–H groups in total. The predicted molar refractivity (Wildman–Crippen MR) is 125 cm³/mol. The fraction of sp³-hybridized carbons (Fsp3) is 0.500. The highest BCUT2D eigenvalue weighted by Gasteiger charge is 2.23. The minimum absolute atomic E-state index is 0.00468. The van der Waals surface area contributed by atoms with Crippen molar-refractivity contribution in [1.29, 1.82) is 0 Å². The summed E-state index contributed by atoms with van der Waals surface area (Å²) in [5, 5.41) is 10.5. The molecule has 2 aliphatic rings. The van der Waals surface area contributed by atoms with E-state index in [0.717, 1.165) is 32.4 Å². The largest absolute Gasteiger partial charge is 0.474 e. The van der Waals surface area contributed by atoms with Gasteiger partial charge in [-0.3, -0.25) is 14.5 Å². The topological polar surface area (TPSA) is 83.0 Å². The monoisotopic (exact) mass is 451 g/mol. The Balaban J connectivity index is 1.23. The number of pyridine rings is 1. The lowest BCUT2D eigenvalue weighted by Crippen LogP contribution is -2.40. The number of aromatic nitrogens is 1. The molecule has 2 aliphatic heterocycles. The number of aliphatic hydroxyl groups is 1. The van der Waals surface area contributed by atoms with Crippen molar-refractivity contribution in [3.63, 3.8) is 0 Å². The van der Waals surface area contributed by atoms with E-state index in [4.69, 9.17) is 4.74 Å². The van der Waals surface area contributed by atoms with Crippen molar-refractivity contribution in [2.24, 2.45) is 0 Å². The number of hydrogen-bond acceptors (Lipinski definition) is 6. The summed E-state index contributed by atoms with van der Waals surface area (Å²) in [5.74, 6) is 0.512. The van der Waals surface area contributed by atoms with E-state index in [1.807, 2.05) is 4.90 Å². The van der Waals surface area contributed by atoms with Gasteiger partial charge in [-0.25, -0.2) is 4.98 Å². The summed E-state index contributed by atoms with van der Waals surface area (Å²) in [6, 6.07) is 11.8. The summed E-state index contributed by atoms with van der Waals surface area (Å²) in [4.78, 5) is 32.5. The number of ketones is 1. The zero-order valence-electron chi connectivity index (χ0n) is 19.3. The predicted octanol–water partition coefficient (Wildman–Crippen LogP) is 2.85. The normalized spacial score (nSPS) is 17.9. The molecule has 3 heterocycles. The van der Waals surface area contributed by atoms with E-state index in [-0.39, 0.29) is 24.2 Å². The number of piperidine rings is 1. The van der Waals surface area contributed by atoms with Gasteiger partial charge in [-0.15, -0.1) is 0 Å². The molecule has 33 heavy (non-hydrogen) atoms. The van der Waals surface area contributed by atoms with Gasteiger partial charge in [-0.05, 0) is 30.0 Å². The molecule has 1 atom stereocenters. The first-order valence-corrected chi connectivity index (χ1v) is 11.9. The van der Waals surface area contributed by atoms with Crippen LogP contribution in [0.5, 0.6) is 5.88 Å². The molecule has 0 bridgehead atoms. The highest BCUT2D eigenvalue weighted by atomic mass is 16.5. The van der Waals surface area contributed by atoms with Crippen LogP contribution in [0.3, 0.4) is 0 Å². The molecule has 176 valence electrons. The van der Waals surface area contributed by atoms with Crippen LogP contribution in [0.4, 0.5) is 0 Å². The number of Topliss-reactive ketones (excluding diaryl/α,β-unsaturated/α-hetero) is 1. The Morgan fingerprint density at radius 3 is 2.67 bits per heavy atom. The molecule has 0 spiro atoms. The Hall–Kier alpha value is -2.77. The molecule has 1 aromatic heterocycles. The van der Waals surface area contributed by atoms with Crippen LogP contribution in [0.1, 0.15) is 54.1 Å². The molecule has 0 radical (unpaired) electrons. The Morgan fingerprint density at radius 1 is 1.15 bits per heavy atom. The highest BCUT2D eigenvalue weighted by molar-refractivity contribution is 5.96. The van der Waals surface area contributed by atoms with Crippen LogP contribution in [0.15, 0.2) is 42.6 Å². The SMILES string of the molecule is CC(=O)N1CCC(Oc2cc(C(=O)CC[C@H](O)CN3CCc4ccccc4C3)ccn2)CC1. The Morgan fingerprint density at radius 2 is 1.91 bits per heavy atom. The second-order valence-electron chi connectivity index (χ2n) is 9.08. The number of nitrogens with zero attached hydrogens (tertiary/aromatic N) is 3. The van der Waals surface area contributed by atoms with E-state index in [9.17, 15) is 14.7 Å². The maximum absolute atomic E-state index is 12.7. The summed E-state index contributed by atoms with van der Waals surface area (Å²) >= 11 is 0. The van der Waals surface area contributed by atoms with E-state index in [1.54, 1.807) is 25.3 Å². The Kier molecular flexibility index (Phi) is 7.73. The summed E-state index contributed by atoms with van der Waals surface area (Å²) in [7, 11) is 0. The van der Waals surface area contributed by atoms with E-state index in [2.05, 4.69) is 34.1 Å². The van der Waals surface area contributed by atoms with Gasteiger partial charge in [-0.1, -0.05) is 24.3 Å². The zero-order chi connectivity index (χ0) is 23.2. The average Bonchev–Trinajstić information content (AvgIpc) is 2.83. The van der Waals surface area contributed by atoms with Gasteiger partial charge in [0.15, 0.2) is 5.78 Å². The first kappa shape index (κ1) is 23.4. The van der Waals surface area contributed by atoms with E-state index in [0.29, 0.717) is 37.5 Å². The van der Waals surface area contributed by atoms with Crippen molar-refractivity contribution in [3.8, 4) is 5.88 Å². The van der Waals surface area contributed by atoms with Gasteiger partial charge in [0, 0.05) is 76.7 Å². The molecule has 7 nitrogen and oxygen atoms in total. The van der Waals surface area contributed by atoms with Crippen LogP contribution in [-0.4, -0.2) is 70.0 Å². The van der Waals surface area contributed by atoms with Gasteiger partial charge in [0.05, 0.1) is 6.10 Å². The van der Waals surface area contributed by atoms with Crippen LogP contribution in [0, 0.1) is 0 Å². The fourth-order valence-electron chi connectivity index (χ4n) is 4.65. The summed E-state index contributed by atoms with van der Waals surface area (Å²) < 4.78 is 5.97. The molecular formula is C26H33N3O4. The lowest BCUT2D eigenvalue weighted by atomic mass is 9.99. The fourth-order valence-corrected chi connectivity index (χ4v) is 4.65. The minimum atomic E-state index is -0.539. The molecule has 0 aliphatic carbocycles. The molecule has 2 aromatic rings. The van der Waals surface area contributed by atoms with Crippen molar-refractivity contribution in [3.05, 3.63) is 59.3 Å². The maximum atomic E-state index is 12.7. The van der Waals surface area contributed by atoms with Crippen LogP contribution in [0.2, 0.25) is 0 Å². The number of rotatable bonds is 8. The molecule has 0 unspecified atom stereocenters. The first-order valence-electron chi connectivity index (χ1n) is 11.9. The minimum Gasteiger partial charge on any atom is -0.474 e. The average molecular weight is 452 g/mol. The number of benzene rings is 1. The van der Waals surface area contributed by atoms with Crippen molar-refractivity contribution in [1.82, 2.24) is 14.8 Å². The first-order chi connectivity index (χ1) is 16.0. The van der Waals surface area contributed by atoms with Crippen molar-refractivity contribution >= 4 is 11.7 Å². The van der Waals surface area contributed by atoms with Gasteiger partial charge in [-0.2, -0.15) is 0 Å². The Bertz CT molecular complexity index is 972. The van der Waals surface area contributed by atoms with E-state index in [1.165, 1.54) is 11.1 Å². The van der Waals surface area contributed by atoms with Gasteiger partial charge in [0.25, 0.3) is 0 Å². The smallest absolute Gasteiger partial charge is 0.219 e. The molecule has 1 fully saturated rings. The van der Waals surface area contributed by atoms with E-state index < -0.39 is 6.10 Å². The second-order valence-corrected chi connectivity index (χ2v) is 9.08. The number of carbonyl (C=O) groups is 2. The van der Waals surface area contributed by atoms with Gasteiger partial charge in [0.2, 0.25) is 11.8 Å². The lowest BCUT2D eigenvalue weighted by Gasteiger charge is -2.31. The van der Waals surface area contributed by atoms with Gasteiger partial charge >= 0.3 is 0 Å². The highest BCUT2D eigenvalue weighted by Crippen LogP contribution is 2.21. The van der Waals surface area contributed by atoms with Crippen molar-refractivity contribution < 1.29 is 19.4 Å². The standard InChI is InChI=1S/C26H33N3O4/c1-19(30)29-14-10-24(11-15-29)33-26-16-21(8-12-27-26)25(32)7-6-23(31)18-28-13-9-20-4-2-3-5-22(20)17-28/h2-5,8,12,16,23-24,31H,6-7,9-11,13-15,17-18H2,1H3/t23-/m0/s1. The molecule has 1 aromatic carbocycles. The van der Waals surface area contributed by atoms with Crippen LogP contribution in [0.25, 0.3) is 0 Å². The van der Waals surface area contributed by atoms with Crippen molar-refractivity contribution in [2.75, 3.05) is 26.2 Å². The summed E-state index contributed by atoms with van der Waals surface area (Å²) in [6.07, 6.45) is 4.27. The maximum Gasteiger partial charge on any atom is 0.219 e. The third kappa shape index (κ3) is 6.39. The van der Waals surface area contributed by atoms with Gasteiger partial charge < -0.3 is 14.7 Å². The molecule has 1 saturated heterocycles. The van der Waals surface area contributed by atoms with Crippen LogP contribution < -0.4 is 4.74 Å². The molecular weight excluding hydrogens is 418 g/mol. The van der Waals surface area contributed by atoms with E-state index >= 15 is 0 Å². The lowest BCUT2D eigenvalue weighted by molar-refractivity contribution is -0.130. The number of ether oxygens (including phenoxy) is 1. The number of fused-ring (bicyclic) bond motifs is 1. The number of β-amino-alcohol motifs (C(OH)–C–C–N with tert-alkyl or cyclic N) is 1.